The smallest absolute Gasteiger partial charge is 0.204 e. The zero-order valence-electron chi connectivity index (χ0n) is 11.9. The number of benzene rings is 1. The van der Waals surface area contributed by atoms with Crippen molar-refractivity contribution in [2.45, 2.75) is 20.0 Å². The Kier molecular flexibility index (Phi) is 4.91. The maximum absolute atomic E-state index is 12.1. The van der Waals surface area contributed by atoms with Crippen molar-refractivity contribution in [3.05, 3.63) is 57.8 Å². The van der Waals surface area contributed by atoms with Gasteiger partial charge in [-0.2, -0.15) is 16.6 Å². The lowest BCUT2D eigenvalue weighted by atomic mass is 10.0. The van der Waals surface area contributed by atoms with Gasteiger partial charge in [0.05, 0.1) is 6.10 Å². The molecule has 1 aromatic carbocycles. The molecule has 4 heteroatoms. The molecule has 106 valence electrons. The Bertz CT molecular complexity index is 677. The van der Waals surface area contributed by atoms with Gasteiger partial charge >= 0.3 is 0 Å². The fourth-order valence-corrected chi connectivity index (χ4v) is 2.42. The minimum atomic E-state index is -0.249. The van der Waals surface area contributed by atoms with Crippen molar-refractivity contribution >= 4 is 23.2 Å². The van der Waals surface area contributed by atoms with Crippen molar-refractivity contribution in [3.63, 3.8) is 0 Å². The second-order valence-corrected chi connectivity index (χ2v) is 5.53. The number of thiophene rings is 1. The van der Waals surface area contributed by atoms with Crippen molar-refractivity contribution in [1.82, 2.24) is 0 Å². The molecular weight excluding hydrogens is 282 g/mol. The molecule has 0 amide bonds. The summed E-state index contributed by atoms with van der Waals surface area (Å²) in [7, 11) is 0. The van der Waals surface area contributed by atoms with E-state index < -0.39 is 0 Å². The Morgan fingerprint density at radius 3 is 2.52 bits per heavy atom. The highest BCUT2D eigenvalue weighted by Crippen LogP contribution is 2.18. The highest BCUT2D eigenvalue weighted by molar-refractivity contribution is 7.08. The van der Waals surface area contributed by atoms with E-state index in [1.165, 1.54) is 11.3 Å². The van der Waals surface area contributed by atoms with Crippen molar-refractivity contribution in [2.75, 3.05) is 0 Å². The summed E-state index contributed by atoms with van der Waals surface area (Å²) in [5.74, 6) is 0.520. The zero-order valence-corrected chi connectivity index (χ0v) is 12.7. The third-order valence-electron chi connectivity index (χ3n) is 2.71. The van der Waals surface area contributed by atoms with E-state index in [9.17, 15) is 4.79 Å². The Morgan fingerprint density at radius 1 is 1.29 bits per heavy atom. The van der Waals surface area contributed by atoms with Gasteiger partial charge in [-0.1, -0.05) is 12.1 Å². The first-order valence-corrected chi connectivity index (χ1v) is 7.50. The zero-order chi connectivity index (χ0) is 15.2. The molecule has 0 unspecified atom stereocenters. The first-order chi connectivity index (χ1) is 10.1. The number of nitriles is 1. The lowest BCUT2D eigenvalue weighted by molar-refractivity contribution is 0.104. The van der Waals surface area contributed by atoms with Gasteiger partial charge in [0.2, 0.25) is 5.78 Å². The number of allylic oxidation sites excluding steroid dienone is 1. The molecule has 0 N–H and O–H groups in total. The lowest BCUT2D eigenvalue weighted by Gasteiger charge is -2.09. The molecule has 0 radical (unpaired) electrons. The van der Waals surface area contributed by atoms with Crippen LogP contribution in [0.5, 0.6) is 5.75 Å². The average molecular weight is 297 g/mol. The second-order valence-electron chi connectivity index (χ2n) is 4.75. The van der Waals surface area contributed by atoms with E-state index in [2.05, 4.69) is 0 Å². The van der Waals surface area contributed by atoms with Crippen LogP contribution >= 0.6 is 11.3 Å². The molecule has 0 saturated heterocycles. The quantitative estimate of drug-likeness (QED) is 0.469. The summed E-state index contributed by atoms with van der Waals surface area (Å²) in [5.41, 5.74) is 1.48. The normalized spacial score (nSPS) is 11.2. The number of hydrogen-bond donors (Lipinski definition) is 0. The molecular formula is C17H15NO2S. The molecule has 0 aliphatic rings. The van der Waals surface area contributed by atoms with Crippen LogP contribution < -0.4 is 4.74 Å². The van der Waals surface area contributed by atoms with E-state index in [-0.39, 0.29) is 17.5 Å². The SMILES string of the molecule is CC(C)Oc1ccc(/C=C(/C#N)C(=O)c2ccsc2)cc1. The maximum atomic E-state index is 12.1. The second kappa shape index (κ2) is 6.87. The van der Waals surface area contributed by atoms with Gasteiger partial charge in [0.1, 0.15) is 17.4 Å². The Labute approximate surface area is 128 Å². The third-order valence-corrected chi connectivity index (χ3v) is 3.39. The van der Waals surface area contributed by atoms with Crippen LogP contribution in [0.1, 0.15) is 29.8 Å². The number of carbonyl (C=O) groups is 1. The summed E-state index contributed by atoms with van der Waals surface area (Å²) in [5, 5.41) is 12.7. The number of Topliss-reactive ketones (excluding diaryl/α,β-unsaturated/α-hetero) is 1. The predicted molar refractivity (Wildman–Crippen MR) is 84.4 cm³/mol. The number of rotatable bonds is 5. The molecule has 2 rings (SSSR count). The van der Waals surface area contributed by atoms with Gasteiger partial charge in [0.15, 0.2) is 0 Å². The summed E-state index contributed by atoms with van der Waals surface area (Å²) < 4.78 is 5.56. The van der Waals surface area contributed by atoms with E-state index in [0.29, 0.717) is 5.56 Å². The largest absolute Gasteiger partial charge is 0.491 e. The van der Waals surface area contributed by atoms with Gasteiger partial charge in [0, 0.05) is 10.9 Å². The molecule has 0 fully saturated rings. The number of nitrogens with zero attached hydrogens (tertiary/aromatic N) is 1. The highest BCUT2D eigenvalue weighted by atomic mass is 32.1. The molecule has 21 heavy (non-hydrogen) atoms. The van der Waals surface area contributed by atoms with Crippen molar-refractivity contribution in [2.24, 2.45) is 0 Å². The number of ketones is 1. The van der Waals surface area contributed by atoms with Crippen molar-refractivity contribution in [1.29, 1.82) is 5.26 Å². The number of hydrogen-bond acceptors (Lipinski definition) is 4. The lowest BCUT2D eigenvalue weighted by Crippen LogP contribution is -2.05. The standard InChI is InChI=1S/C17H15NO2S/c1-12(2)20-16-5-3-13(4-6-16)9-15(10-18)17(19)14-7-8-21-11-14/h3-9,11-12H,1-2H3/b15-9-. The Balaban J connectivity index is 2.20. The molecule has 0 bridgehead atoms. The molecule has 1 aromatic heterocycles. The minimum Gasteiger partial charge on any atom is -0.491 e. The van der Waals surface area contributed by atoms with Crippen molar-refractivity contribution < 1.29 is 9.53 Å². The maximum Gasteiger partial charge on any atom is 0.204 e. The monoisotopic (exact) mass is 297 g/mol. The van der Waals surface area contributed by atoms with Crippen LogP contribution in [0.25, 0.3) is 6.08 Å². The average Bonchev–Trinajstić information content (AvgIpc) is 2.99. The molecule has 3 nitrogen and oxygen atoms in total. The van der Waals surface area contributed by atoms with E-state index in [1.54, 1.807) is 17.5 Å². The summed E-state index contributed by atoms with van der Waals surface area (Å²) in [4.78, 5) is 12.1. The van der Waals surface area contributed by atoms with E-state index in [0.717, 1.165) is 11.3 Å². The van der Waals surface area contributed by atoms with Gasteiger partial charge in [-0.05, 0) is 49.1 Å². The summed E-state index contributed by atoms with van der Waals surface area (Å²) in [6, 6.07) is 11.0. The van der Waals surface area contributed by atoms with Gasteiger partial charge in [-0.15, -0.1) is 0 Å². The Morgan fingerprint density at radius 2 is 2.00 bits per heavy atom. The molecule has 0 spiro atoms. The van der Waals surface area contributed by atoms with Crippen LogP contribution in [0.3, 0.4) is 0 Å². The first-order valence-electron chi connectivity index (χ1n) is 6.55. The molecule has 0 aliphatic heterocycles. The van der Waals surface area contributed by atoms with Gasteiger partial charge in [-0.3, -0.25) is 4.79 Å². The molecule has 2 aromatic rings. The topological polar surface area (TPSA) is 50.1 Å². The van der Waals surface area contributed by atoms with E-state index >= 15 is 0 Å². The van der Waals surface area contributed by atoms with Crippen LogP contribution in [-0.2, 0) is 0 Å². The summed E-state index contributed by atoms with van der Waals surface area (Å²) in [6.45, 7) is 3.92. The van der Waals surface area contributed by atoms with Crippen LogP contribution in [0.4, 0.5) is 0 Å². The summed E-state index contributed by atoms with van der Waals surface area (Å²) >= 11 is 1.44. The fourth-order valence-electron chi connectivity index (χ4n) is 1.78. The number of carbonyl (C=O) groups excluding carboxylic acids is 1. The van der Waals surface area contributed by atoms with Crippen molar-refractivity contribution in [3.8, 4) is 11.8 Å². The number of ether oxygens (including phenoxy) is 1. The van der Waals surface area contributed by atoms with Gasteiger partial charge in [-0.25, -0.2) is 0 Å². The molecule has 0 saturated carbocycles. The molecule has 0 aliphatic carbocycles. The summed E-state index contributed by atoms with van der Waals surface area (Å²) in [6.07, 6.45) is 1.71. The van der Waals surface area contributed by atoms with E-state index in [1.807, 2.05) is 49.6 Å². The third kappa shape index (κ3) is 4.04. The van der Waals surface area contributed by atoms with Crippen LogP contribution in [0, 0.1) is 11.3 Å². The Hall–Kier alpha value is -2.38. The minimum absolute atomic E-state index is 0.112. The highest BCUT2D eigenvalue weighted by Gasteiger charge is 2.12. The van der Waals surface area contributed by atoms with Crippen LogP contribution in [0.2, 0.25) is 0 Å². The molecule has 0 atom stereocenters. The van der Waals surface area contributed by atoms with Crippen LogP contribution in [-0.4, -0.2) is 11.9 Å². The fraction of sp³-hybridized carbons (Fsp3) is 0.176. The first kappa shape index (κ1) is 15.0. The van der Waals surface area contributed by atoms with E-state index in [4.69, 9.17) is 10.00 Å². The van der Waals surface area contributed by atoms with Crippen LogP contribution in [0.15, 0.2) is 46.7 Å². The van der Waals surface area contributed by atoms with Gasteiger partial charge < -0.3 is 4.74 Å². The molecule has 1 heterocycles. The predicted octanol–water partition coefficient (Wildman–Crippen LogP) is 4.33. The van der Waals surface area contributed by atoms with Gasteiger partial charge in [0.25, 0.3) is 0 Å².